The Bertz CT molecular complexity index is 616. The second-order valence-electron chi connectivity index (χ2n) is 4.97. The topological polar surface area (TPSA) is 56.3 Å². The minimum Gasteiger partial charge on any atom is -0.477 e. The fourth-order valence-electron chi connectivity index (χ4n) is 2.33. The Morgan fingerprint density at radius 2 is 2.14 bits per heavy atom. The van der Waals surface area contributed by atoms with E-state index in [1.165, 1.54) is 5.56 Å². The van der Waals surface area contributed by atoms with E-state index in [2.05, 4.69) is 28.3 Å². The van der Waals surface area contributed by atoms with Crippen molar-refractivity contribution < 1.29 is 9.47 Å². The van der Waals surface area contributed by atoms with Gasteiger partial charge in [0.1, 0.15) is 0 Å². The molecule has 0 fully saturated rings. The number of anilines is 1. The van der Waals surface area contributed by atoms with Gasteiger partial charge in [0.05, 0.1) is 24.7 Å². The molecule has 0 aliphatic carbocycles. The van der Waals surface area contributed by atoms with Gasteiger partial charge in [-0.2, -0.15) is 4.98 Å². The monoisotopic (exact) mass is 285 g/mol. The number of aromatic nitrogens is 2. The standard InChI is InChI=1S/C16H19N3O2/c1-2-9-20-14-10-17-11-15(19-14)21-13-7-3-5-12-6-4-8-18-16(12)13/h3,5,7,10-11,18H,2,4,6,8-9H2,1H3. The summed E-state index contributed by atoms with van der Waals surface area (Å²) in [5.74, 6) is 1.73. The van der Waals surface area contributed by atoms with Crippen molar-refractivity contribution in [1.82, 2.24) is 9.97 Å². The zero-order valence-electron chi connectivity index (χ0n) is 12.1. The summed E-state index contributed by atoms with van der Waals surface area (Å²) < 4.78 is 11.4. The Morgan fingerprint density at radius 3 is 3.05 bits per heavy atom. The third kappa shape index (κ3) is 3.24. The maximum atomic E-state index is 5.88. The molecule has 0 saturated heterocycles. The molecule has 0 spiro atoms. The number of fused-ring (bicyclic) bond motifs is 1. The van der Waals surface area contributed by atoms with E-state index in [0.29, 0.717) is 18.4 Å². The summed E-state index contributed by atoms with van der Waals surface area (Å²) >= 11 is 0. The number of para-hydroxylation sites is 1. The Balaban J connectivity index is 1.80. The van der Waals surface area contributed by atoms with Crippen LogP contribution >= 0.6 is 0 Å². The first-order valence-electron chi connectivity index (χ1n) is 7.35. The number of nitrogens with one attached hydrogen (secondary N) is 1. The molecule has 1 aromatic heterocycles. The summed E-state index contributed by atoms with van der Waals surface area (Å²) in [4.78, 5) is 8.43. The van der Waals surface area contributed by atoms with Crippen molar-refractivity contribution in [2.45, 2.75) is 26.2 Å². The fraction of sp³-hybridized carbons (Fsp3) is 0.375. The van der Waals surface area contributed by atoms with Crippen LogP contribution in [0.1, 0.15) is 25.3 Å². The quantitative estimate of drug-likeness (QED) is 0.912. The number of aryl methyl sites for hydroxylation is 1. The number of nitrogens with zero attached hydrogens (tertiary/aromatic N) is 2. The summed E-state index contributed by atoms with van der Waals surface area (Å²) in [6.07, 6.45) is 6.35. The predicted octanol–water partition coefficient (Wildman–Crippen LogP) is 3.42. The minimum absolute atomic E-state index is 0.448. The maximum Gasteiger partial charge on any atom is 0.241 e. The molecular formula is C16H19N3O2. The zero-order chi connectivity index (χ0) is 14.5. The Morgan fingerprint density at radius 1 is 1.24 bits per heavy atom. The van der Waals surface area contributed by atoms with Crippen LogP contribution in [0.25, 0.3) is 0 Å². The SMILES string of the molecule is CCCOc1cncc(Oc2cccc3c2NCCC3)n1. The molecule has 21 heavy (non-hydrogen) atoms. The Hall–Kier alpha value is -2.30. The smallest absolute Gasteiger partial charge is 0.241 e. The number of benzene rings is 1. The van der Waals surface area contributed by atoms with Gasteiger partial charge in [-0.15, -0.1) is 0 Å². The highest BCUT2D eigenvalue weighted by atomic mass is 16.5. The van der Waals surface area contributed by atoms with Crippen LogP contribution < -0.4 is 14.8 Å². The van der Waals surface area contributed by atoms with Crippen molar-refractivity contribution in [3.8, 4) is 17.5 Å². The summed E-state index contributed by atoms with van der Waals surface area (Å²) in [5.41, 5.74) is 2.34. The lowest BCUT2D eigenvalue weighted by Gasteiger charge is -2.20. The van der Waals surface area contributed by atoms with Gasteiger partial charge < -0.3 is 14.8 Å². The summed E-state index contributed by atoms with van der Waals surface area (Å²) in [6.45, 7) is 3.65. The largest absolute Gasteiger partial charge is 0.477 e. The summed E-state index contributed by atoms with van der Waals surface area (Å²) in [5, 5.41) is 3.40. The summed E-state index contributed by atoms with van der Waals surface area (Å²) in [7, 11) is 0. The van der Waals surface area contributed by atoms with Crippen molar-refractivity contribution in [2.24, 2.45) is 0 Å². The van der Waals surface area contributed by atoms with E-state index < -0.39 is 0 Å². The van der Waals surface area contributed by atoms with E-state index >= 15 is 0 Å². The van der Waals surface area contributed by atoms with Crippen LogP contribution in [0.4, 0.5) is 5.69 Å². The predicted molar refractivity (Wildman–Crippen MR) is 81.1 cm³/mol. The molecule has 1 aliphatic rings. The molecule has 1 aliphatic heterocycles. The summed E-state index contributed by atoms with van der Waals surface area (Å²) in [6, 6.07) is 6.07. The molecule has 0 atom stereocenters. The van der Waals surface area contributed by atoms with Gasteiger partial charge in [0, 0.05) is 6.54 Å². The second kappa shape index (κ2) is 6.43. The Labute approximate surface area is 124 Å². The van der Waals surface area contributed by atoms with Crippen LogP contribution in [-0.2, 0) is 6.42 Å². The van der Waals surface area contributed by atoms with Gasteiger partial charge in [0.2, 0.25) is 11.8 Å². The lowest BCUT2D eigenvalue weighted by molar-refractivity contribution is 0.299. The molecular weight excluding hydrogens is 266 g/mol. The van der Waals surface area contributed by atoms with Gasteiger partial charge >= 0.3 is 0 Å². The molecule has 0 amide bonds. The van der Waals surface area contributed by atoms with Crippen LogP contribution in [0.2, 0.25) is 0 Å². The van der Waals surface area contributed by atoms with Gasteiger partial charge in [-0.05, 0) is 30.9 Å². The number of ether oxygens (including phenoxy) is 2. The first kappa shape index (κ1) is 13.7. The molecule has 0 radical (unpaired) electrons. The van der Waals surface area contributed by atoms with Crippen molar-refractivity contribution in [3.05, 3.63) is 36.2 Å². The molecule has 0 bridgehead atoms. The first-order valence-corrected chi connectivity index (χ1v) is 7.35. The van der Waals surface area contributed by atoms with Crippen LogP contribution in [0.3, 0.4) is 0 Å². The highest BCUT2D eigenvalue weighted by Crippen LogP contribution is 2.34. The molecule has 1 aromatic carbocycles. The maximum absolute atomic E-state index is 5.88. The molecule has 5 nitrogen and oxygen atoms in total. The number of rotatable bonds is 5. The van der Waals surface area contributed by atoms with E-state index in [1.54, 1.807) is 12.4 Å². The molecule has 0 saturated carbocycles. The van der Waals surface area contributed by atoms with Crippen LogP contribution in [0.15, 0.2) is 30.6 Å². The van der Waals surface area contributed by atoms with Gasteiger partial charge in [0.25, 0.3) is 0 Å². The zero-order valence-corrected chi connectivity index (χ0v) is 12.1. The second-order valence-corrected chi connectivity index (χ2v) is 4.97. The average molecular weight is 285 g/mol. The average Bonchev–Trinajstić information content (AvgIpc) is 2.54. The number of hydrogen-bond donors (Lipinski definition) is 1. The third-order valence-electron chi connectivity index (χ3n) is 3.30. The van der Waals surface area contributed by atoms with Gasteiger partial charge in [-0.3, -0.25) is 4.98 Å². The molecule has 0 unspecified atom stereocenters. The van der Waals surface area contributed by atoms with E-state index in [-0.39, 0.29) is 0 Å². The molecule has 3 rings (SSSR count). The third-order valence-corrected chi connectivity index (χ3v) is 3.30. The van der Waals surface area contributed by atoms with Crippen molar-refractivity contribution in [3.63, 3.8) is 0 Å². The molecule has 5 heteroatoms. The molecule has 1 N–H and O–H groups in total. The van der Waals surface area contributed by atoms with Crippen LogP contribution in [0.5, 0.6) is 17.5 Å². The van der Waals surface area contributed by atoms with Gasteiger partial charge in [0.15, 0.2) is 5.75 Å². The van der Waals surface area contributed by atoms with Crippen LogP contribution in [-0.4, -0.2) is 23.1 Å². The van der Waals surface area contributed by atoms with E-state index in [1.807, 2.05) is 12.1 Å². The van der Waals surface area contributed by atoms with Gasteiger partial charge in [-0.25, -0.2) is 0 Å². The highest BCUT2D eigenvalue weighted by molar-refractivity contribution is 5.64. The first-order chi connectivity index (χ1) is 10.4. The lowest BCUT2D eigenvalue weighted by Crippen LogP contribution is -2.12. The minimum atomic E-state index is 0.448. The van der Waals surface area contributed by atoms with Crippen molar-refractivity contribution in [2.75, 3.05) is 18.5 Å². The Kier molecular flexibility index (Phi) is 4.19. The molecule has 110 valence electrons. The van der Waals surface area contributed by atoms with Gasteiger partial charge in [-0.1, -0.05) is 19.1 Å². The van der Waals surface area contributed by atoms with Crippen molar-refractivity contribution >= 4 is 5.69 Å². The normalized spacial score (nSPS) is 13.2. The molecule has 2 aromatic rings. The fourth-order valence-corrected chi connectivity index (χ4v) is 2.33. The number of hydrogen-bond acceptors (Lipinski definition) is 5. The van der Waals surface area contributed by atoms with Crippen molar-refractivity contribution in [1.29, 1.82) is 0 Å². The highest BCUT2D eigenvalue weighted by Gasteiger charge is 2.14. The van der Waals surface area contributed by atoms with E-state index in [4.69, 9.17) is 9.47 Å². The van der Waals surface area contributed by atoms with E-state index in [0.717, 1.165) is 37.2 Å². The lowest BCUT2D eigenvalue weighted by atomic mass is 10.0. The van der Waals surface area contributed by atoms with Crippen LogP contribution in [0, 0.1) is 0 Å². The van der Waals surface area contributed by atoms with E-state index in [9.17, 15) is 0 Å². The molecule has 2 heterocycles.